The van der Waals surface area contributed by atoms with E-state index in [0.29, 0.717) is 6.61 Å². The number of unbranched alkanes of at least 4 members (excludes halogenated alkanes) is 2. The lowest BCUT2D eigenvalue weighted by atomic mass is 9.77. The summed E-state index contributed by atoms with van der Waals surface area (Å²) in [6, 6.07) is 0. The predicted octanol–water partition coefficient (Wildman–Crippen LogP) is 4.83. The molecule has 1 rings (SSSR count). The van der Waals surface area contributed by atoms with E-state index in [1.54, 1.807) is 0 Å². The van der Waals surface area contributed by atoms with Crippen LogP contribution in [0.1, 0.15) is 78.6 Å². The molecule has 0 aromatic carbocycles. The molecule has 22 heavy (non-hydrogen) atoms. The SMILES string of the molecule is CCCCOC(C)OCC=CC1(O)CCC(CCCC)CC1. The van der Waals surface area contributed by atoms with E-state index in [0.717, 1.165) is 51.0 Å². The van der Waals surface area contributed by atoms with Crippen LogP contribution in [0, 0.1) is 5.92 Å². The fraction of sp³-hybridized carbons (Fsp3) is 0.895. The molecule has 0 aliphatic heterocycles. The van der Waals surface area contributed by atoms with Gasteiger partial charge in [0.25, 0.3) is 0 Å². The zero-order chi connectivity index (χ0) is 16.3. The highest BCUT2D eigenvalue weighted by Gasteiger charge is 2.30. The smallest absolute Gasteiger partial charge is 0.155 e. The van der Waals surface area contributed by atoms with Crippen molar-refractivity contribution in [2.45, 2.75) is 90.4 Å². The quantitative estimate of drug-likeness (QED) is 0.337. The van der Waals surface area contributed by atoms with Crippen molar-refractivity contribution in [2.75, 3.05) is 13.2 Å². The largest absolute Gasteiger partial charge is 0.386 e. The van der Waals surface area contributed by atoms with E-state index in [1.807, 2.05) is 19.1 Å². The Bertz CT molecular complexity index is 293. The second kappa shape index (κ2) is 11.2. The number of hydrogen-bond donors (Lipinski definition) is 1. The van der Waals surface area contributed by atoms with Crippen LogP contribution in [0.4, 0.5) is 0 Å². The first-order valence-corrected chi connectivity index (χ1v) is 9.23. The van der Waals surface area contributed by atoms with Crippen LogP contribution in [0.3, 0.4) is 0 Å². The molecule has 0 heterocycles. The Morgan fingerprint density at radius 3 is 2.45 bits per heavy atom. The Morgan fingerprint density at radius 1 is 1.14 bits per heavy atom. The minimum atomic E-state index is -0.613. The highest BCUT2D eigenvalue weighted by molar-refractivity contribution is 5.03. The molecule has 0 spiro atoms. The highest BCUT2D eigenvalue weighted by Crippen LogP contribution is 2.35. The van der Waals surface area contributed by atoms with Gasteiger partial charge in [0.15, 0.2) is 6.29 Å². The fourth-order valence-corrected chi connectivity index (χ4v) is 3.03. The molecule has 0 aromatic rings. The van der Waals surface area contributed by atoms with Crippen molar-refractivity contribution in [3.05, 3.63) is 12.2 Å². The van der Waals surface area contributed by atoms with Gasteiger partial charge in [0.05, 0.1) is 12.2 Å². The molecule has 3 heteroatoms. The first kappa shape index (κ1) is 19.7. The van der Waals surface area contributed by atoms with E-state index in [9.17, 15) is 5.11 Å². The molecule has 3 nitrogen and oxygen atoms in total. The molecule has 1 aliphatic carbocycles. The lowest BCUT2D eigenvalue weighted by Crippen LogP contribution is -2.32. The van der Waals surface area contributed by atoms with Crippen LogP contribution < -0.4 is 0 Å². The third kappa shape index (κ3) is 8.30. The topological polar surface area (TPSA) is 38.7 Å². The van der Waals surface area contributed by atoms with Gasteiger partial charge >= 0.3 is 0 Å². The Morgan fingerprint density at radius 2 is 1.82 bits per heavy atom. The van der Waals surface area contributed by atoms with Crippen molar-refractivity contribution in [2.24, 2.45) is 5.92 Å². The van der Waals surface area contributed by atoms with Gasteiger partial charge in [-0.25, -0.2) is 0 Å². The molecule has 1 saturated carbocycles. The monoisotopic (exact) mass is 312 g/mol. The molecule has 1 atom stereocenters. The summed E-state index contributed by atoms with van der Waals surface area (Å²) in [7, 11) is 0. The number of hydrogen-bond acceptors (Lipinski definition) is 3. The molecule has 0 saturated heterocycles. The Labute approximate surface area is 137 Å². The van der Waals surface area contributed by atoms with Crippen molar-refractivity contribution in [3.8, 4) is 0 Å². The second-order valence-electron chi connectivity index (χ2n) is 6.72. The molecular formula is C19H36O3. The first-order chi connectivity index (χ1) is 10.6. The van der Waals surface area contributed by atoms with Crippen molar-refractivity contribution in [1.29, 1.82) is 0 Å². The molecule has 0 bridgehead atoms. The summed E-state index contributed by atoms with van der Waals surface area (Å²) in [4.78, 5) is 0. The molecule has 0 amide bonds. The molecular weight excluding hydrogens is 276 g/mol. The Kier molecular flexibility index (Phi) is 10.0. The van der Waals surface area contributed by atoms with E-state index in [1.165, 1.54) is 19.3 Å². The Hall–Kier alpha value is -0.380. The van der Waals surface area contributed by atoms with Crippen molar-refractivity contribution in [3.63, 3.8) is 0 Å². The normalized spacial score (nSPS) is 27.4. The lowest BCUT2D eigenvalue weighted by molar-refractivity contribution is -0.123. The second-order valence-corrected chi connectivity index (χ2v) is 6.72. The van der Waals surface area contributed by atoms with Crippen LogP contribution in [0.15, 0.2) is 12.2 Å². The van der Waals surface area contributed by atoms with E-state index < -0.39 is 5.60 Å². The van der Waals surface area contributed by atoms with Gasteiger partial charge in [-0.3, -0.25) is 0 Å². The molecule has 0 radical (unpaired) electrons. The minimum absolute atomic E-state index is 0.171. The summed E-state index contributed by atoms with van der Waals surface area (Å²) in [5.41, 5.74) is -0.613. The maximum atomic E-state index is 10.6. The molecule has 0 aromatic heterocycles. The average molecular weight is 312 g/mol. The summed E-state index contributed by atoms with van der Waals surface area (Å²) >= 11 is 0. The fourth-order valence-electron chi connectivity index (χ4n) is 3.03. The number of rotatable bonds is 11. The van der Waals surface area contributed by atoms with Crippen LogP contribution in [-0.2, 0) is 9.47 Å². The summed E-state index contributed by atoms with van der Waals surface area (Å²) in [5, 5.41) is 10.6. The average Bonchev–Trinajstić information content (AvgIpc) is 2.51. The van der Waals surface area contributed by atoms with E-state index in [2.05, 4.69) is 13.8 Å². The molecule has 1 N–H and O–H groups in total. The third-order valence-electron chi connectivity index (χ3n) is 4.64. The van der Waals surface area contributed by atoms with Gasteiger partial charge in [-0.1, -0.05) is 51.7 Å². The first-order valence-electron chi connectivity index (χ1n) is 9.23. The van der Waals surface area contributed by atoms with Crippen molar-refractivity contribution >= 4 is 0 Å². The van der Waals surface area contributed by atoms with Gasteiger partial charge in [0.1, 0.15) is 0 Å². The van der Waals surface area contributed by atoms with Crippen LogP contribution in [0.2, 0.25) is 0 Å². The number of ether oxygens (including phenoxy) is 2. The maximum absolute atomic E-state index is 10.6. The van der Waals surface area contributed by atoms with E-state index >= 15 is 0 Å². The summed E-state index contributed by atoms with van der Waals surface area (Å²) < 4.78 is 11.1. The summed E-state index contributed by atoms with van der Waals surface area (Å²) in [6.07, 6.45) is 13.9. The molecule has 130 valence electrons. The lowest BCUT2D eigenvalue weighted by Gasteiger charge is -2.34. The molecule has 1 aliphatic rings. The van der Waals surface area contributed by atoms with Crippen LogP contribution >= 0.6 is 0 Å². The van der Waals surface area contributed by atoms with Crippen LogP contribution in [0.5, 0.6) is 0 Å². The standard InChI is InChI=1S/C19H36O3/c1-4-6-9-18-10-13-19(20,14-11-18)12-8-16-22-17(3)21-15-7-5-2/h8,12,17-18,20H,4-7,9-11,13-16H2,1-3H3. The van der Waals surface area contributed by atoms with E-state index in [-0.39, 0.29) is 6.29 Å². The Balaban J connectivity index is 2.17. The van der Waals surface area contributed by atoms with Gasteiger partial charge in [0.2, 0.25) is 0 Å². The summed E-state index contributed by atoms with van der Waals surface area (Å²) in [6.45, 7) is 7.58. The highest BCUT2D eigenvalue weighted by atomic mass is 16.7. The van der Waals surface area contributed by atoms with Gasteiger partial charge < -0.3 is 14.6 Å². The van der Waals surface area contributed by atoms with Gasteiger partial charge in [-0.15, -0.1) is 0 Å². The molecule has 1 fully saturated rings. The van der Waals surface area contributed by atoms with Gasteiger partial charge in [-0.05, 0) is 44.9 Å². The minimum Gasteiger partial charge on any atom is -0.386 e. The zero-order valence-electron chi connectivity index (χ0n) is 14.9. The van der Waals surface area contributed by atoms with E-state index in [4.69, 9.17) is 9.47 Å². The zero-order valence-corrected chi connectivity index (χ0v) is 14.9. The predicted molar refractivity (Wildman–Crippen MR) is 91.8 cm³/mol. The van der Waals surface area contributed by atoms with Gasteiger partial charge in [0, 0.05) is 6.61 Å². The van der Waals surface area contributed by atoms with Crippen molar-refractivity contribution < 1.29 is 14.6 Å². The van der Waals surface area contributed by atoms with Crippen LogP contribution in [-0.4, -0.2) is 30.2 Å². The van der Waals surface area contributed by atoms with Gasteiger partial charge in [-0.2, -0.15) is 0 Å². The number of aliphatic hydroxyl groups is 1. The van der Waals surface area contributed by atoms with Crippen LogP contribution in [0.25, 0.3) is 0 Å². The maximum Gasteiger partial charge on any atom is 0.155 e. The third-order valence-corrected chi connectivity index (χ3v) is 4.64. The summed E-state index contributed by atoms with van der Waals surface area (Å²) in [5.74, 6) is 0.817. The molecule has 1 unspecified atom stereocenters. The van der Waals surface area contributed by atoms with Crippen molar-refractivity contribution in [1.82, 2.24) is 0 Å².